The molecule has 0 amide bonds. The lowest BCUT2D eigenvalue weighted by Crippen LogP contribution is -1.79. The molecule has 6 heteroatoms. The summed E-state index contributed by atoms with van der Waals surface area (Å²) in [5.41, 5.74) is 0.159. The highest BCUT2D eigenvalue weighted by Crippen LogP contribution is 2.36. The maximum Gasteiger partial charge on any atom is 0.433 e. The summed E-state index contributed by atoms with van der Waals surface area (Å²) in [6.45, 7) is 0. The van der Waals surface area contributed by atoms with Gasteiger partial charge in [0.15, 0.2) is 4.98 Å². The Balaban J connectivity index is 2.50. The predicted octanol–water partition coefficient (Wildman–Crippen LogP) is 3.62. The number of fused-ring (bicyclic) bond motifs is 1. The lowest BCUT2D eigenvalue weighted by molar-refractivity contribution is -0.160. The van der Waals surface area contributed by atoms with Crippen molar-refractivity contribution in [3.8, 4) is 5.75 Å². The van der Waals surface area contributed by atoms with Crippen molar-refractivity contribution in [1.82, 2.24) is 0 Å². The van der Waals surface area contributed by atoms with E-state index in [0.29, 0.717) is 5.39 Å². The largest absolute Gasteiger partial charge is 0.501 e. The van der Waals surface area contributed by atoms with Crippen LogP contribution in [0.3, 0.4) is 0 Å². The lowest BCUT2D eigenvalue weighted by atomic mass is 10.1. The summed E-state index contributed by atoms with van der Waals surface area (Å²) in [7, 11) is 1.43. The molecule has 0 aliphatic rings. The van der Waals surface area contributed by atoms with Crippen LogP contribution in [0.15, 0.2) is 35.2 Å². The van der Waals surface area contributed by atoms with Crippen molar-refractivity contribution >= 4 is 28.5 Å². The van der Waals surface area contributed by atoms with E-state index in [1.165, 1.54) is 13.2 Å². The zero-order valence-corrected chi connectivity index (χ0v) is 9.77. The van der Waals surface area contributed by atoms with E-state index >= 15 is 0 Å². The minimum absolute atomic E-state index is 0.0615. The highest BCUT2D eigenvalue weighted by molar-refractivity contribution is 7.94. The Hall–Kier alpha value is -1.81. The summed E-state index contributed by atoms with van der Waals surface area (Å²) in [5.74, 6) is -0.0615. The molecule has 0 radical (unpaired) electrons. The zero-order chi connectivity index (χ0) is 12.3. The monoisotopic (exact) mass is 249 g/mol. The topological polar surface area (TPSA) is 66.8 Å². The van der Waals surface area contributed by atoms with E-state index in [-0.39, 0.29) is 11.4 Å². The van der Waals surface area contributed by atoms with E-state index in [2.05, 4.69) is 9.86 Å². The minimum Gasteiger partial charge on any atom is -0.501 e. The molecule has 2 aromatic carbocycles. The van der Waals surface area contributed by atoms with Gasteiger partial charge in [0.05, 0.1) is 24.5 Å². The van der Waals surface area contributed by atoms with Crippen molar-refractivity contribution < 1.29 is 14.3 Å². The molecule has 0 aliphatic heterocycles. The molecule has 86 valence electrons. The Labute approximate surface area is 102 Å². The van der Waals surface area contributed by atoms with Gasteiger partial charge in [-0.2, -0.15) is 4.33 Å². The Morgan fingerprint density at radius 1 is 1.29 bits per heavy atom. The molecule has 0 fully saturated rings. The van der Waals surface area contributed by atoms with Crippen molar-refractivity contribution in [1.29, 1.82) is 5.39 Å². The zero-order valence-electron chi connectivity index (χ0n) is 8.95. The molecule has 0 saturated heterocycles. The van der Waals surface area contributed by atoms with Gasteiger partial charge in [0, 0.05) is 4.90 Å². The van der Waals surface area contributed by atoms with Gasteiger partial charge >= 0.3 is 5.69 Å². The fourth-order valence-corrected chi connectivity index (χ4v) is 1.96. The third-order valence-electron chi connectivity index (χ3n) is 2.24. The molecule has 0 heterocycles. The molecule has 5 nitrogen and oxygen atoms in total. The van der Waals surface area contributed by atoms with Crippen molar-refractivity contribution in [2.24, 2.45) is 0 Å². The lowest BCUT2D eigenvalue weighted by Gasteiger charge is -2.00. The van der Waals surface area contributed by atoms with Crippen LogP contribution in [0, 0.1) is 5.39 Å². The summed E-state index contributed by atoms with van der Waals surface area (Å²) in [6, 6.07) is 8.57. The Morgan fingerprint density at radius 2 is 2.12 bits per heavy atom. The second kappa shape index (κ2) is 5.01. The molecule has 0 saturated carbocycles. The van der Waals surface area contributed by atoms with Crippen LogP contribution in [0.1, 0.15) is 0 Å². The summed E-state index contributed by atoms with van der Waals surface area (Å²) in [4.78, 5) is 8.41. The maximum absolute atomic E-state index is 9.52. The van der Waals surface area contributed by atoms with Gasteiger partial charge in [-0.3, -0.25) is 0 Å². The molecule has 0 unspecified atom stereocenters. The molecule has 0 aliphatic carbocycles. The number of phenols is 1. The van der Waals surface area contributed by atoms with E-state index in [4.69, 9.17) is 9.73 Å². The number of rotatable bonds is 3. The van der Waals surface area contributed by atoms with Crippen LogP contribution in [-0.4, -0.2) is 12.2 Å². The number of benzene rings is 2. The van der Waals surface area contributed by atoms with Gasteiger partial charge < -0.3 is 5.11 Å². The highest BCUT2D eigenvalue weighted by atomic mass is 32.2. The molecule has 1 N–H and O–H groups in total. The first-order valence-corrected chi connectivity index (χ1v) is 5.48. The van der Waals surface area contributed by atoms with Crippen LogP contribution in [-0.2, 0) is 9.22 Å². The molecule has 0 aromatic heterocycles. The van der Waals surface area contributed by atoms with E-state index in [1.807, 2.05) is 6.07 Å². The number of phenolic OH excluding ortho intramolecular Hbond substituents is 1. The van der Waals surface area contributed by atoms with Crippen LogP contribution in [0.25, 0.3) is 15.7 Å². The van der Waals surface area contributed by atoms with Gasteiger partial charge in [-0.05, 0) is 29.7 Å². The fourth-order valence-electron chi connectivity index (χ4n) is 1.51. The number of aromatic hydroxyl groups is 1. The van der Waals surface area contributed by atoms with E-state index in [0.717, 1.165) is 22.3 Å². The van der Waals surface area contributed by atoms with Crippen LogP contribution in [0.4, 0.5) is 5.69 Å². The number of hydrogen-bond donors (Lipinski definition) is 1. The van der Waals surface area contributed by atoms with Gasteiger partial charge in [-0.1, -0.05) is 6.07 Å². The smallest absolute Gasteiger partial charge is 0.433 e. The molecular formula is C11H9N2O3S+. The summed E-state index contributed by atoms with van der Waals surface area (Å²) in [6.07, 6.45) is 0. The first kappa shape index (κ1) is 11.7. The van der Waals surface area contributed by atoms with E-state index in [9.17, 15) is 5.11 Å². The Bertz CT molecular complexity index is 595. The van der Waals surface area contributed by atoms with Crippen LogP contribution in [0.5, 0.6) is 5.75 Å². The molecule has 2 aromatic rings. The molecule has 2 rings (SSSR count). The third kappa shape index (κ3) is 2.31. The number of hydrogen-bond acceptors (Lipinski definition) is 5. The first-order chi connectivity index (χ1) is 8.26. The quantitative estimate of drug-likeness (QED) is 0.389. The maximum atomic E-state index is 9.52. The number of nitrogens with zero attached hydrogens (tertiary/aromatic N) is 2. The van der Waals surface area contributed by atoms with Crippen molar-refractivity contribution in [3.05, 3.63) is 35.3 Å². The minimum atomic E-state index is -0.0615. The molecule has 0 spiro atoms. The predicted molar refractivity (Wildman–Crippen MR) is 64.3 cm³/mol. The summed E-state index contributed by atoms with van der Waals surface area (Å²) >= 11 is 1.08. The average Bonchev–Trinajstić information content (AvgIpc) is 2.36. The standard InChI is InChI=1S/C11H8N2O3S/c1-15-16-17-8-3-4-9-7(6-8)2-5-10(14)11(9)13-12/h2-6H,1H3/p+1. The van der Waals surface area contributed by atoms with E-state index < -0.39 is 0 Å². The van der Waals surface area contributed by atoms with Gasteiger partial charge in [0.1, 0.15) is 0 Å². The fraction of sp³-hybridized carbons (Fsp3) is 0.0909. The Kier molecular flexibility index (Phi) is 3.44. The average molecular weight is 249 g/mol. The second-order valence-electron chi connectivity index (χ2n) is 3.23. The van der Waals surface area contributed by atoms with E-state index in [1.54, 1.807) is 18.2 Å². The normalized spacial score (nSPS) is 10.4. The first-order valence-electron chi connectivity index (χ1n) is 4.74. The van der Waals surface area contributed by atoms with Crippen LogP contribution < -0.4 is 0 Å². The molecule has 17 heavy (non-hydrogen) atoms. The highest BCUT2D eigenvalue weighted by Gasteiger charge is 2.18. The molecule has 0 bridgehead atoms. The van der Waals surface area contributed by atoms with Crippen molar-refractivity contribution in [2.75, 3.05) is 7.11 Å². The van der Waals surface area contributed by atoms with Crippen LogP contribution >= 0.6 is 12.0 Å². The van der Waals surface area contributed by atoms with Gasteiger partial charge in [0.25, 0.3) is 0 Å². The Morgan fingerprint density at radius 3 is 2.82 bits per heavy atom. The van der Waals surface area contributed by atoms with Gasteiger partial charge in [-0.15, -0.1) is 0 Å². The van der Waals surface area contributed by atoms with Crippen molar-refractivity contribution in [3.63, 3.8) is 0 Å². The summed E-state index contributed by atoms with van der Waals surface area (Å²) in [5, 5.41) is 19.9. The third-order valence-corrected chi connectivity index (χ3v) is 2.89. The van der Waals surface area contributed by atoms with Gasteiger partial charge in [0.2, 0.25) is 11.1 Å². The second-order valence-corrected chi connectivity index (χ2v) is 4.01. The van der Waals surface area contributed by atoms with Gasteiger partial charge in [-0.25, -0.2) is 4.89 Å². The molecule has 0 atom stereocenters. The van der Waals surface area contributed by atoms with Crippen LogP contribution in [0.2, 0.25) is 0 Å². The molecular weight excluding hydrogens is 240 g/mol. The number of diazo groups is 1. The summed E-state index contributed by atoms with van der Waals surface area (Å²) < 4.78 is 4.74. The SMILES string of the molecule is COOSc1ccc2c([N+]#N)c(O)ccc2c1. The van der Waals surface area contributed by atoms with Crippen molar-refractivity contribution in [2.45, 2.75) is 4.90 Å².